The lowest BCUT2D eigenvalue weighted by atomic mass is 10.1. The van der Waals surface area contributed by atoms with Crippen LogP contribution in [0.5, 0.6) is 0 Å². The maximum Gasteiger partial charge on any atom is 0.343 e. The van der Waals surface area contributed by atoms with E-state index >= 15 is 0 Å². The second-order valence-corrected chi connectivity index (χ2v) is 14.8. The Morgan fingerprint density at radius 2 is 0.852 bits per heavy atom. The van der Waals surface area contributed by atoms with Crippen molar-refractivity contribution in [2.45, 2.75) is 5.72 Å². The van der Waals surface area contributed by atoms with E-state index in [1.807, 2.05) is 12.1 Å². The number of rotatable bonds is 5. The van der Waals surface area contributed by atoms with Crippen molar-refractivity contribution in [3.05, 3.63) is 164 Å². The number of carbonyl (C=O) groups excluding carboxylic acids is 5. The van der Waals surface area contributed by atoms with Crippen LogP contribution in [0.3, 0.4) is 0 Å². The minimum absolute atomic E-state index is 0.0385. The first-order valence-electron chi connectivity index (χ1n) is 15.6. The molecule has 2 fully saturated rings. The molecule has 2 saturated heterocycles. The van der Waals surface area contributed by atoms with Gasteiger partial charge in [-0.15, -0.1) is 0 Å². The molecule has 4 aromatic carbocycles. The van der Waals surface area contributed by atoms with Gasteiger partial charge in [0, 0.05) is 23.6 Å². The van der Waals surface area contributed by atoms with E-state index in [4.69, 9.17) is 4.42 Å². The van der Waals surface area contributed by atoms with Crippen LogP contribution in [-0.2, 0) is 20.1 Å². The summed E-state index contributed by atoms with van der Waals surface area (Å²) in [6, 6.07) is 31.9. The smallest absolute Gasteiger partial charge is 0.343 e. The molecule has 4 heterocycles. The van der Waals surface area contributed by atoms with Crippen molar-refractivity contribution in [1.29, 1.82) is 0 Å². The number of halogens is 4. The van der Waals surface area contributed by atoms with Gasteiger partial charge < -0.3 is 13.9 Å². The Balaban J connectivity index is 0.000000165. The van der Waals surface area contributed by atoms with Crippen LogP contribution in [0.1, 0.15) is 5.76 Å². The number of amides is 7. The molecule has 12 nitrogen and oxygen atoms in total. The average Bonchev–Trinajstić information content (AvgIpc) is 3.99. The molecule has 0 spiro atoms. The summed E-state index contributed by atoms with van der Waals surface area (Å²) in [5, 5.41) is 11.4. The summed E-state index contributed by atoms with van der Waals surface area (Å²) >= 11 is 13.2. The zero-order chi connectivity index (χ0) is 38.6. The van der Waals surface area contributed by atoms with Gasteiger partial charge >= 0.3 is 23.9 Å². The van der Waals surface area contributed by atoms with Crippen LogP contribution in [-0.4, -0.2) is 34.9 Å². The molecular weight excluding hydrogens is 960 g/mol. The van der Waals surface area contributed by atoms with Gasteiger partial charge in [0.05, 0.1) is 35.9 Å². The molecule has 0 saturated carbocycles. The largest absolute Gasteiger partial charge is 0.473 e. The summed E-state index contributed by atoms with van der Waals surface area (Å²) in [5.41, 5.74) is -0.883. The standard InChI is InChI=1S/C19H12Br2N2O4.C15H8Br2N2O3.C4H4O/c20-12-3-7-14(8-4-12)22-17(24)19(26,16-2-1-11-27-16)23(18(22)25)15-9-5-13(21)6-10-15;16-9-1-5-11(6-2-9)18-13(20)14(21)19(15(18)22)12-7-3-10(17)4-8-12;1-2-4-5-3-1/h1-11,26H;1-8H;1-4H. The van der Waals surface area contributed by atoms with Crippen molar-refractivity contribution in [3.8, 4) is 0 Å². The van der Waals surface area contributed by atoms with Gasteiger partial charge in [-0.2, -0.15) is 0 Å². The zero-order valence-corrected chi connectivity index (χ0v) is 33.7. The lowest BCUT2D eigenvalue weighted by Gasteiger charge is -2.28. The van der Waals surface area contributed by atoms with E-state index in [1.54, 1.807) is 116 Å². The van der Waals surface area contributed by atoms with Crippen LogP contribution in [0.2, 0.25) is 0 Å². The van der Waals surface area contributed by atoms with Gasteiger partial charge in [-0.1, -0.05) is 63.7 Å². The van der Waals surface area contributed by atoms with Gasteiger partial charge in [-0.05, 0) is 121 Å². The number of furan rings is 2. The van der Waals surface area contributed by atoms with Crippen LogP contribution >= 0.6 is 63.7 Å². The second kappa shape index (κ2) is 16.5. The van der Waals surface area contributed by atoms with Crippen molar-refractivity contribution < 1.29 is 37.9 Å². The molecule has 2 aliphatic heterocycles. The third kappa shape index (κ3) is 7.74. The van der Waals surface area contributed by atoms with Crippen molar-refractivity contribution in [2.24, 2.45) is 0 Å². The van der Waals surface area contributed by atoms with Crippen LogP contribution in [0.15, 0.2) is 167 Å². The van der Waals surface area contributed by atoms with E-state index in [0.717, 1.165) is 37.5 Å². The Labute approximate surface area is 341 Å². The van der Waals surface area contributed by atoms with E-state index in [0.29, 0.717) is 22.7 Å². The number of nitrogens with zero attached hydrogens (tertiary/aromatic N) is 4. The minimum atomic E-state index is -2.29. The van der Waals surface area contributed by atoms with Crippen LogP contribution in [0, 0.1) is 0 Å². The first-order chi connectivity index (χ1) is 25.9. The maximum atomic E-state index is 13.2. The van der Waals surface area contributed by atoms with Crippen LogP contribution in [0.25, 0.3) is 0 Å². The predicted octanol–water partition coefficient (Wildman–Crippen LogP) is 9.61. The highest BCUT2D eigenvalue weighted by molar-refractivity contribution is 9.11. The Bertz CT molecular complexity index is 2200. The number of benzene rings is 4. The fourth-order valence-electron chi connectivity index (χ4n) is 5.30. The third-order valence-corrected chi connectivity index (χ3v) is 9.92. The second-order valence-electron chi connectivity index (χ2n) is 11.2. The number of aliphatic hydroxyl groups is 1. The van der Waals surface area contributed by atoms with Crippen molar-refractivity contribution in [1.82, 2.24) is 0 Å². The third-order valence-electron chi connectivity index (χ3n) is 7.81. The molecule has 1 N–H and O–H groups in total. The van der Waals surface area contributed by atoms with Gasteiger partial charge in [0.1, 0.15) is 0 Å². The zero-order valence-electron chi connectivity index (χ0n) is 27.4. The molecule has 1 atom stereocenters. The maximum absolute atomic E-state index is 13.2. The van der Waals surface area contributed by atoms with Crippen molar-refractivity contribution in [2.75, 3.05) is 19.6 Å². The molecule has 2 aromatic heterocycles. The van der Waals surface area contributed by atoms with Gasteiger partial charge in [0.25, 0.3) is 11.6 Å². The molecule has 16 heteroatoms. The van der Waals surface area contributed by atoms with Crippen molar-refractivity contribution in [3.63, 3.8) is 0 Å². The molecule has 0 radical (unpaired) electrons. The van der Waals surface area contributed by atoms with E-state index in [2.05, 4.69) is 68.1 Å². The Hall–Kier alpha value is -5.13. The van der Waals surface area contributed by atoms with E-state index in [9.17, 15) is 29.1 Å². The first kappa shape index (κ1) is 38.6. The van der Waals surface area contributed by atoms with Gasteiger partial charge in [-0.3, -0.25) is 14.4 Å². The number of hydrogen-bond donors (Lipinski definition) is 1. The molecule has 7 amide bonds. The fourth-order valence-corrected chi connectivity index (χ4v) is 6.36. The minimum Gasteiger partial charge on any atom is -0.473 e. The number of imide groups is 3. The summed E-state index contributed by atoms with van der Waals surface area (Å²) in [7, 11) is 0. The molecule has 54 heavy (non-hydrogen) atoms. The summed E-state index contributed by atoms with van der Waals surface area (Å²) in [5.74, 6) is -2.58. The summed E-state index contributed by atoms with van der Waals surface area (Å²) in [4.78, 5) is 66.9. The number of urea groups is 2. The lowest BCUT2D eigenvalue weighted by molar-refractivity contribution is -0.135. The highest BCUT2D eigenvalue weighted by Crippen LogP contribution is 2.41. The van der Waals surface area contributed by atoms with Gasteiger partial charge in [0.15, 0.2) is 5.76 Å². The van der Waals surface area contributed by atoms with Gasteiger partial charge in [-0.25, -0.2) is 29.2 Å². The highest BCUT2D eigenvalue weighted by atomic mass is 79.9. The number of hydrogen-bond acceptors (Lipinski definition) is 8. The quantitative estimate of drug-likeness (QED) is 0.133. The molecule has 2 aliphatic rings. The monoisotopic (exact) mass is 980 g/mol. The predicted molar refractivity (Wildman–Crippen MR) is 214 cm³/mol. The Morgan fingerprint density at radius 1 is 0.463 bits per heavy atom. The average molecular weight is 984 g/mol. The molecule has 1 unspecified atom stereocenters. The number of anilines is 4. The van der Waals surface area contributed by atoms with Gasteiger partial charge in [0.2, 0.25) is 0 Å². The molecule has 272 valence electrons. The van der Waals surface area contributed by atoms with E-state index in [-0.39, 0.29) is 5.76 Å². The summed E-state index contributed by atoms with van der Waals surface area (Å²) < 4.78 is 13.1. The molecule has 0 bridgehead atoms. The first-order valence-corrected chi connectivity index (χ1v) is 18.8. The Morgan fingerprint density at radius 3 is 1.20 bits per heavy atom. The summed E-state index contributed by atoms with van der Waals surface area (Å²) in [6.07, 6.45) is 4.59. The van der Waals surface area contributed by atoms with Crippen molar-refractivity contribution >= 4 is 116 Å². The molecule has 8 rings (SSSR count). The molecular formula is C38H24Br4N4O8. The SMILES string of the molecule is O=C1C(=O)N(c2ccc(Br)cc2)C(=O)N1c1ccc(Br)cc1.O=C1N(c2ccc(Br)cc2)C(=O)C(O)(c2ccco2)N1c1ccc(Br)cc1.c1ccoc1. The normalized spacial score (nSPS) is 16.7. The topological polar surface area (TPSA) is 145 Å². The Kier molecular flexibility index (Phi) is 11.8. The summed E-state index contributed by atoms with van der Waals surface area (Å²) in [6.45, 7) is 0. The van der Waals surface area contributed by atoms with Crippen LogP contribution in [0.4, 0.5) is 32.3 Å². The van der Waals surface area contributed by atoms with E-state index in [1.165, 1.54) is 12.3 Å². The van der Waals surface area contributed by atoms with E-state index < -0.39 is 35.5 Å². The van der Waals surface area contributed by atoms with Crippen LogP contribution < -0.4 is 19.6 Å². The lowest BCUT2D eigenvalue weighted by Crippen LogP contribution is -2.47. The molecule has 0 aliphatic carbocycles. The fraction of sp³-hybridized carbons (Fsp3) is 0.0263. The highest BCUT2D eigenvalue weighted by Gasteiger charge is 2.61. The molecule has 6 aromatic rings. The number of carbonyl (C=O) groups is 5.